The number of aromatic nitrogens is 3. The molecule has 0 aliphatic rings. The number of halogens is 4. The molecule has 2 heterocycles. The highest BCUT2D eigenvalue weighted by Crippen LogP contribution is 2.34. The Kier molecular flexibility index (Phi) is 7.13. The number of carbonyl (C=O) groups excluding carboxylic acids is 1. The van der Waals surface area contributed by atoms with Crippen molar-refractivity contribution in [1.29, 1.82) is 0 Å². The van der Waals surface area contributed by atoms with E-state index < -0.39 is 35.5 Å². The molecule has 0 bridgehead atoms. The molecule has 8 nitrogen and oxygen atoms in total. The minimum absolute atomic E-state index is 0.178. The Bertz CT molecular complexity index is 875. The van der Waals surface area contributed by atoms with Crippen molar-refractivity contribution in [3.63, 3.8) is 0 Å². The summed E-state index contributed by atoms with van der Waals surface area (Å²) in [6, 6.07) is 0.942. The molecule has 0 aromatic carbocycles. The van der Waals surface area contributed by atoms with E-state index in [1.165, 1.54) is 12.4 Å². The molecule has 30 heavy (non-hydrogen) atoms. The zero-order valence-electron chi connectivity index (χ0n) is 16.7. The standard InChI is InChI=1S/C18H21F4N5O3/c1-5-29-10(2)15(28)27-26-14-9-23-13(8-24-14)11-6-12(19)16(25-7-11)30-17(3,4)18(20,21)22/h6-10H,5H2,1-4H3,(H,24,26)(H,27,28)/t10-/m0/s1. The Labute approximate surface area is 170 Å². The summed E-state index contributed by atoms with van der Waals surface area (Å²) in [5, 5.41) is 0. The molecule has 0 aliphatic carbocycles. The third kappa shape index (κ3) is 5.75. The molecule has 0 fully saturated rings. The third-order valence-corrected chi connectivity index (χ3v) is 3.89. The van der Waals surface area contributed by atoms with Crippen molar-refractivity contribution in [2.75, 3.05) is 12.0 Å². The number of pyridine rings is 1. The van der Waals surface area contributed by atoms with E-state index in [2.05, 4.69) is 25.8 Å². The first-order valence-electron chi connectivity index (χ1n) is 8.85. The number of alkyl halides is 3. The van der Waals surface area contributed by atoms with Gasteiger partial charge in [-0.1, -0.05) is 0 Å². The van der Waals surface area contributed by atoms with E-state index in [0.717, 1.165) is 26.1 Å². The van der Waals surface area contributed by atoms with Gasteiger partial charge in [0.2, 0.25) is 0 Å². The van der Waals surface area contributed by atoms with Crippen LogP contribution in [0.25, 0.3) is 11.3 Å². The maximum atomic E-state index is 14.2. The molecule has 1 atom stereocenters. The number of hydrogen-bond acceptors (Lipinski definition) is 7. The van der Waals surface area contributed by atoms with Gasteiger partial charge in [0.15, 0.2) is 17.2 Å². The molecule has 0 saturated heterocycles. The van der Waals surface area contributed by atoms with Crippen molar-refractivity contribution in [3.05, 3.63) is 30.5 Å². The average Bonchev–Trinajstić information content (AvgIpc) is 2.67. The summed E-state index contributed by atoms with van der Waals surface area (Å²) in [6.45, 7) is 5.26. The van der Waals surface area contributed by atoms with Crippen LogP contribution in [0.1, 0.15) is 27.7 Å². The number of anilines is 1. The first kappa shape index (κ1) is 23.3. The number of nitrogens with one attached hydrogen (secondary N) is 2. The maximum absolute atomic E-state index is 14.2. The van der Waals surface area contributed by atoms with E-state index in [1.807, 2.05) is 0 Å². The van der Waals surface area contributed by atoms with E-state index in [4.69, 9.17) is 9.47 Å². The summed E-state index contributed by atoms with van der Waals surface area (Å²) < 4.78 is 62.7. The van der Waals surface area contributed by atoms with Gasteiger partial charge >= 0.3 is 6.18 Å². The molecule has 0 radical (unpaired) electrons. The molecule has 2 N–H and O–H groups in total. The summed E-state index contributed by atoms with van der Waals surface area (Å²) in [4.78, 5) is 23.4. The number of hydrazine groups is 1. The molecular weight excluding hydrogens is 410 g/mol. The second-order valence-corrected chi connectivity index (χ2v) is 6.62. The van der Waals surface area contributed by atoms with Crippen LogP contribution < -0.4 is 15.6 Å². The Morgan fingerprint density at radius 1 is 1.17 bits per heavy atom. The molecule has 0 saturated carbocycles. The highest BCUT2D eigenvalue weighted by molar-refractivity contribution is 5.81. The minimum Gasteiger partial charge on any atom is -0.460 e. The highest BCUT2D eigenvalue weighted by Gasteiger charge is 2.50. The average molecular weight is 431 g/mol. The lowest BCUT2D eigenvalue weighted by molar-refractivity contribution is -0.235. The van der Waals surface area contributed by atoms with Gasteiger partial charge < -0.3 is 9.47 Å². The van der Waals surface area contributed by atoms with Crippen LogP contribution in [0.4, 0.5) is 23.4 Å². The second kappa shape index (κ2) is 9.20. The first-order valence-corrected chi connectivity index (χ1v) is 8.85. The second-order valence-electron chi connectivity index (χ2n) is 6.62. The highest BCUT2D eigenvalue weighted by atomic mass is 19.4. The quantitative estimate of drug-likeness (QED) is 0.489. The predicted molar refractivity (Wildman–Crippen MR) is 98.8 cm³/mol. The number of rotatable bonds is 8. The van der Waals surface area contributed by atoms with Gasteiger partial charge in [-0.25, -0.2) is 14.4 Å². The van der Waals surface area contributed by atoms with Gasteiger partial charge in [-0.3, -0.25) is 20.6 Å². The monoisotopic (exact) mass is 431 g/mol. The summed E-state index contributed by atoms with van der Waals surface area (Å²) in [6.07, 6.45) is -1.70. The van der Waals surface area contributed by atoms with Crippen molar-refractivity contribution < 1.29 is 31.8 Å². The van der Waals surface area contributed by atoms with Gasteiger partial charge in [-0.05, 0) is 33.8 Å². The minimum atomic E-state index is -4.70. The number of ether oxygens (including phenoxy) is 2. The molecule has 2 aromatic heterocycles. The van der Waals surface area contributed by atoms with Gasteiger partial charge in [0.25, 0.3) is 11.8 Å². The molecule has 164 valence electrons. The Morgan fingerprint density at radius 3 is 2.40 bits per heavy atom. The summed E-state index contributed by atoms with van der Waals surface area (Å²) in [7, 11) is 0. The van der Waals surface area contributed by atoms with Crippen molar-refractivity contribution >= 4 is 11.7 Å². The number of hydrogen-bond donors (Lipinski definition) is 2. The van der Waals surface area contributed by atoms with Crippen molar-refractivity contribution in [2.24, 2.45) is 0 Å². The van der Waals surface area contributed by atoms with Crippen molar-refractivity contribution in [3.8, 4) is 17.1 Å². The molecule has 12 heteroatoms. The summed E-state index contributed by atoms with van der Waals surface area (Å²) in [5.41, 5.74) is 2.73. The van der Waals surface area contributed by atoms with Gasteiger partial charge in [0.1, 0.15) is 6.10 Å². The fourth-order valence-corrected chi connectivity index (χ4v) is 2.03. The lowest BCUT2D eigenvalue weighted by atomic mass is 10.1. The zero-order chi connectivity index (χ0) is 22.5. The normalized spacial score (nSPS) is 12.9. The summed E-state index contributed by atoms with van der Waals surface area (Å²) >= 11 is 0. The maximum Gasteiger partial charge on any atom is 0.427 e. The number of amides is 1. The summed E-state index contributed by atoms with van der Waals surface area (Å²) in [5.74, 6) is -2.06. The third-order valence-electron chi connectivity index (χ3n) is 3.89. The fourth-order valence-electron chi connectivity index (χ4n) is 2.03. The van der Waals surface area contributed by atoms with Crippen LogP contribution in [0.5, 0.6) is 5.88 Å². The van der Waals surface area contributed by atoms with E-state index >= 15 is 0 Å². The fraction of sp³-hybridized carbons (Fsp3) is 0.444. The molecule has 2 rings (SSSR count). The molecule has 2 aromatic rings. The Balaban J connectivity index is 2.06. The van der Waals surface area contributed by atoms with Crippen LogP contribution >= 0.6 is 0 Å². The van der Waals surface area contributed by atoms with Crippen LogP contribution in [0.3, 0.4) is 0 Å². The van der Waals surface area contributed by atoms with E-state index in [9.17, 15) is 22.4 Å². The smallest absolute Gasteiger partial charge is 0.427 e. The predicted octanol–water partition coefficient (Wildman–Crippen LogP) is 3.27. The molecule has 0 aliphatic heterocycles. The molecule has 0 unspecified atom stereocenters. The van der Waals surface area contributed by atoms with Crippen LogP contribution in [0.2, 0.25) is 0 Å². The van der Waals surface area contributed by atoms with E-state index in [-0.39, 0.29) is 17.1 Å². The number of nitrogens with zero attached hydrogens (tertiary/aromatic N) is 3. The zero-order valence-corrected chi connectivity index (χ0v) is 16.7. The van der Waals surface area contributed by atoms with Crippen LogP contribution in [-0.4, -0.2) is 45.3 Å². The molecule has 0 spiro atoms. The first-order chi connectivity index (χ1) is 13.9. The van der Waals surface area contributed by atoms with E-state index in [1.54, 1.807) is 13.8 Å². The SMILES string of the molecule is CCO[C@@H](C)C(=O)NNc1cnc(-c2cnc(OC(C)(C)C(F)(F)F)c(F)c2)cn1. The van der Waals surface area contributed by atoms with E-state index in [0.29, 0.717) is 6.61 Å². The van der Waals surface area contributed by atoms with Crippen molar-refractivity contribution in [2.45, 2.75) is 45.6 Å². The Hall–Kier alpha value is -3.02. The lowest BCUT2D eigenvalue weighted by Gasteiger charge is -2.28. The van der Waals surface area contributed by atoms with Gasteiger partial charge in [-0.15, -0.1) is 0 Å². The van der Waals surface area contributed by atoms with Gasteiger partial charge in [-0.2, -0.15) is 13.2 Å². The van der Waals surface area contributed by atoms with Crippen molar-refractivity contribution in [1.82, 2.24) is 20.4 Å². The van der Waals surface area contributed by atoms with Crippen LogP contribution in [0, 0.1) is 5.82 Å². The molecule has 1 amide bonds. The lowest BCUT2D eigenvalue weighted by Crippen LogP contribution is -2.45. The topological polar surface area (TPSA) is 98.3 Å². The van der Waals surface area contributed by atoms with Crippen LogP contribution in [-0.2, 0) is 9.53 Å². The molecular formula is C18H21F4N5O3. The van der Waals surface area contributed by atoms with Gasteiger partial charge in [0, 0.05) is 18.4 Å². The van der Waals surface area contributed by atoms with Gasteiger partial charge in [0.05, 0.1) is 18.1 Å². The number of carbonyl (C=O) groups is 1. The Morgan fingerprint density at radius 2 is 1.87 bits per heavy atom. The largest absolute Gasteiger partial charge is 0.460 e. The van der Waals surface area contributed by atoms with Crippen LogP contribution in [0.15, 0.2) is 24.7 Å².